The van der Waals surface area contributed by atoms with Crippen LogP contribution in [0.5, 0.6) is 0 Å². The summed E-state index contributed by atoms with van der Waals surface area (Å²) in [7, 11) is -7.94. The number of halogens is 3. The number of nitrogens with zero attached hydrogens (tertiary/aromatic N) is 4. The molecule has 240 valence electrons. The zero-order valence-corrected chi connectivity index (χ0v) is 26.9. The number of alkyl halides is 3. The third-order valence-corrected chi connectivity index (χ3v) is 12.0. The SMILES string of the molecule is CC(C)CS(=O)(=O)N(C[C@H]1CN(S(=O)(=O)c2ccccc2S)CCN1c1ccc([C@@](C)(O)C(F)(F)F)cc1)c1cccnc1. The highest BCUT2D eigenvalue weighted by Crippen LogP contribution is 2.39. The monoisotopic (exact) mass is 672 g/mol. The van der Waals surface area contributed by atoms with Crippen molar-refractivity contribution in [3.63, 3.8) is 0 Å². The van der Waals surface area contributed by atoms with Crippen LogP contribution in [0.15, 0.2) is 82.8 Å². The fourth-order valence-corrected chi connectivity index (χ4v) is 8.99. The van der Waals surface area contributed by atoms with Gasteiger partial charge in [-0.15, -0.1) is 12.6 Å². The summed E-state index contributed by atoms with van der Waals surface area (Å²) in [5.41, 5.74) is -2.71. The third-order valence-electron chi connectivity index (χ3n) is 7.43. The molecule has 3 aromatic rings. The molecule has 1 N–H and O–H groups in total. The van der Waals surface area contributed by atoms with Crippen LogP contribution in [0.4, 0.5) is 24.5 Å². The van der Waals surface area contributed by atoms with Gasteiger partial charge in [-0.1, -0.05) is 38.1 Å². The maximum atomic E-state index is 13.7. The molecule has 0 amide bonds. The summed E-state index contributed by atoms with van der Waals surface area (Å²) >= 11 is 4.32. The van der Waals surface area contributed by atoms with E-state index in [1.165, 1.54) is 39.2 Å². The van der Waals surface area contributed by atoms with E-state index in [9.17, 15) is 35.1 Å². The maximum absolute atomic E-state index is 13.7. The van der Waals surface area contributed by atoms with Crippen molar-refractivity contribution < 1.29 is 35.1 Å². The number of thiol groups is 1. The highest BCUT2D eigenvalue weighted by atomic mass is 32.2. The molecule has 1 saturated heterocycles. The lowest BCUT2D eigenvalue weighted by molar-refractivity contribution is -0.258. The van der Waals surface area contributed by atoms with Gasteiger partial charge >= 0.3 is 6.18 Å². The molecule has 0 saturated carbocycles. The Labute approximate surface area is 261 Å². The fraction of sp³-hybridized carbons (Fsp3) is 0.414. The molecular formula is C29H35F3N4O5S3. The second-order valence-electron chi connectivity index (χ2n) is 11.2. The number of aliphatic hydroxyl groups is 1. The minimum Gasteiger partial charge on any atom is -0.376 e. The minimum absolute atomic E-state index is 0.00538. The predicted octanol–water partition coefficient (Wildman–Crippen LogP) is 4.51. The Kier molecular flexibility index (Phi) is 9.95. The van der Waals surface area contributed by atoms with Crippen molar-refractivity contribution in [3.8, 4) is 0 Å². The van der Waals surface area contributed by atoms with Crippen LogP contribution in [0, 0.1) is 5.92 Å². The highest BCUT2D eigenvalue weighted by molar-refractivity contribution is 7.92. The van der Waals surface area contributed by atoms with Crippen LogP contribution >= 0.6 is 12.6 Å². The lowest BCUT2D eigenvalue weighted by Crippen LogP contribution is -2.59. The quantitative estimate of drug-likeness (QED) is 0.305. The first-order chi connectivity index (χ1) is 20.4. The molecule has 2 heterocycles. The van der Waals surface area contributed by atoms with Crippen LogP contribution in [-0.2, 0) is 25.6 Å². The van der Waals surface area contributed by atoms with Gasteiger partial charge in [-0.3, -0.25) is 9.29 Å². The fourth-order valence-electron chi connectivity index (χ4n) is 5.08. The number of piperazine rings is 1. The second kappa shape index (κ2) is 12.9. The van der Waals surface area contributed by atoms with Gasteiger partial charge in [0.05, 0.1) is 35.1 Å². The van der Waals surface area contributed by atoms with E-state index in [1.807, 2.05) is 0 Å². The summed E-state index contributed by atoms with van der Waals surface area (Å²) in [6.45, 7) is 4.04. The first-order valence-electron chi connectivity index (χ1n) is 13.8. The second-order valence-corrected chi connectivity index (χ2v) is 15.5. The van der Waals surface area contributed by atoms with Crippen LogP contribution in [0.2, 0.25) is 0 Å². The molecule has 44 heavy (non-hydrogen) atoms. The van der Waals surface area contributed by atoms with Gasteiger partial charge in [0.25, 0.3) is 0 Å². The van der Waals surface area contributed by atoms with Gasteiger partial charge in [-0.25, -0.2) is 16.8 Å². The van der Waals surface area contributed by atoms with Crippen molar-refractivity contribution in [2.24, 2.45) is 5.92 Å². The summed E-state index contributed by atoms with van der Waals surface area (Å²) < 4.78 is 97.7. The summed E-state index contributed by atoms with van der Waals surface area (Å²) in [6, 6.07) is 13.8. The number of pyridine rings is 1. The average molecular weight is 673 g/mol. The van der Waals surface area contributed by atoms with Gasteiger partial charge in [0.15, 0.2) is 5.60 Å². The van der Waals surface area contributed by atoms with E-state index in [0.29, 0.717) is 18.3 Å². The molecule has 0 radical (unpaired) electrons. The highest BCUT2D eigenvalue weighted by Gasteiger charge is 2.51. The Morgan fingerprint density at radius 2 is 1.68 bits per heavy atom. The molecule has 0 aliphatic carbocycles. The number of anilines is 2. The van der Waals surface area contributed by atoms with Crippen molar-refractivity contribution in [3.05, 3.63) is 78.6 Å². The van der Waals surface area contributed by atoms with Crippen molar-refractivity contribution in [2.75, 3.05) is 41.1 Å². The van der Waals surface area contributed by atoms with E-state index in [-0.39, 0.29) is 53.2 Å². The third kappa shape index (κ3) is 7.17. The molecular weight excluding hydrogens is 638 g/mol. The number of rotatable bonds is 10. The van der Waals surface area contributed by atoms with Gasteiger partial charge in [0.2, 0.25) is 20.0 Å². The van der Waals surface area contributed by atoms with E-state index >= 15 is 0 Å². The Morgan fingerprint density at radius 3 is 2.25 bits per heavy atom. The Balaban J connectivity index is 1.76. The van der Waals surface area contributed by atoms with E-state index in [0.717, 1.165) is 12.1 Å². The van der Waals surface area contributed by atoms with Crippen LogP contribution < -0.4 is 9.21 Å². The first-order valence-corrected chi connectivity index (χ1v) is 17.3. The number of benzene rings is 2. The Morgan fingerprint density at radius 1 is 1.02 bits per heavy atom. The van der Waals surface area contributed by atoms with Crippen LogP contribution in [0.3, 0.4) is 0 Å². The van der Waals surface area contributed by atoms with E-state index in [4.69, 9.17) is 0 Å². The molecule has 2 atom stereocenters. The lowest BCUT2D eigenvalue weighted by Gasteiger charge is -2.44. The molecule has 4 rings (SSSR count). The summed E-state index contributed by atoms with van der Waals surface area (Å²) in [5, 5.41) is 10.1. The Hall–Kier alpha value is -2.85. The van der Waals surface area contributed by atoms with Crippen molar-refractivity contribution in [1.82, 2.24) is 9.29 Å². The molecule has 1 fully saturated rings. The first kappa shape index (κ1) is 34.0. The molecule has 0 bridgehead atoms. The van der Waals surface area contributed by atoms with E-state index in [2.05, 4.69) is 17.6 Å². The zero-order chi connectivity index (χ0) is 32.5. The standard InChI is InChI=1S/C29H35F3N4O5S3/c1-21(2)20-43(38,39)36(24-7-6-14-33-17-24)19-25-18-34(44(40,41)27-9-5-4-8-26(27)42)15-16-35(25)23-12-10-22(11-13-23)28(3,37)29(30,31)32/h4-14,17,21,25,37,42H,15-16,18-20H2,1-3H3/t25-,28-/m1/s1. The van der Waals surface area contributed by atoms with E-state index < -0.39 is 37.9 Å². The average Bonchev–Trinajstić information content (AvgIpc) is 2.95. The van der Waals surface area contributed by atoms with Gasteiger partial charge < -0.3 is 10.0 Å². The molecule has 9 nitrogen and oxygen atoms in total. The normalized spacial score (nSPS) is 18.3. The zero-order valence-electron chi connectivity index (χ0n) is 24.4. The van der Waals surface area contributed by atoms with Crippen LogP contribution in [0.1, 0.15) is 26.3 Å². The molecule has 15 heteroatoms. The van der Waals surface area contributed by atoms with Gasteiger partial charge in [0.1, 0.15) is 0 Å². The largest absolute Gasteiger partial charge is 0.421 e. The molecule has 2 aromatic carbocycles. The minimum atomic E-state index is -4.91. The van der Waals surface area contributed by atoms with Crippen molar-refractivity contribution in [1.29, 1.82) is 0 Å². The molecule has 1 aromatic heterocycles. The Bertz CT molecular complexity index is 1650. The predicted molar refractivity (Wildman–Crippen MR) is 166 cm³/mol. The number of aromatic nitrogens is 1. The van der Waals surface area contributed by atoms with E-state index in [1.54, 1.807) is 49.1 Å². The number of hydrogen-bond donors (Lipinski definition) is 2. The molecule has 1 aliphatic rings. The molecule has 0 unspecified atom stereocenters. The maximum Gasteiger partial charge on any atom is 0.421 e. The summed E-state index contributed by atoms with van der Waals surface area (Å²) in [4.78, 5) is 6.12. The van der Waals surface area contributed by atoms with Crippen molar-refractivity contribution >= 4 is 44.1 Å². The lowest BCUT2D eigenvalue weighted by atomic mass is 9.95. The molecule has 1 aliphatic heterocycles. The topological polar surface area (TPSA) is 111 Å². The van der Waals surface area contributed by atoms with Gasteiger partial charge in [-0.05, 0) is 54.8 Å². The van der Waals surface area contributed by atoms with Gasteiger partial charge in [-0.2, -0.15) is 17.5 Å². The summed E-state index contributed by atoms with van der Waals surface area (Å²) in [6.07, 6.45) is -2.00. The van der Waals surface area contributed by atoms with Crippen LogP contribution in [0.25, 0.3) is 0 Å². The van der Waals surface area contributed by atoms with Crippen molar-refractivity contribution in [2.45, 2.75) is 48.4 Å². The molecule has 0 spiro atoms. The van der Waals surface area contributed by atoms with Crippen LogP contribution in [-0.4, -0.2) is 75.4 Å². The smallest absolute Gasteiger partial charge is 0.376 e. The van der Waals surface area contributed by atoms with Gasteiger partial charge in [0, 0.05) is 36.4 Å². The number of hydrogen-bond acceptors (Lipinski definition) is 8. The summed E-state index contributed by atoms with van der Waals surface area (Å²) in [5.74, 6) is -0.385. The number of sulfonamides is 2.